The molecule has 7 heteroatoms. The number of rotatable bonds is 7. The maximum absolute atomic E-state index is 13.2. The first kappa shape index (κ1) is 21.1. The molecule has 0 fully saturated rings. The van der Waals surface area contributed by atoms with Crippen molar-refractivity contribution in [1.82, 2.24) is 10.0 Å². The quantitative estimate of drug-likeness (QED) is 0.755. The molecular formula is C20H25FN2O3S. The first-order chi connectivity index (χ1) is 12.6. The molecule has 1 amide bonds. The molecule has 0 spiro atoms. The average molecular weight is 392 g/mol. The van der Waals surface area contributed by atoms with Crippen molar-refractivity contribution >= 4 is 15.9 Å². The van der Waals surface area contributed by atoms with Gasteiger partial charge in [-0.1, -0.05) is 26.0 Å². The number of carbonyl (C=O) groups is 1. The van der Waals surface area contributed by atoms with E-state index in [4.69, 9.17) is 0 Å². The molecule has 2 rings (SSSR count). The maximum Gasteiger partial charge on any atom is 0.251 e. The van der Waals surface area contributed by atoms with Crippen LogP contribution in [0.5, 0.6) is 0 Å². The fourth-order valence-corrected chi connectivity index (χ4v) is 3.94. The van der Waals surface area contributed by atoms with E-state index < -0.39 is 10.0 Å². The second-order valence-corrected chi connectivity index (χ2v) is 8.76. The van der Waals surface area contributed by atoms with Gasteiger partial charge in [-0.15, -0.1) is 0 Å². The first-order valence-electron chi connectivity index (χ1n) is 8.79. The summed E-state index contributed by atoms with van der Waals surface area (Å²) in [4.78, 5) is 12.7. The molecule has 0 aliphatic heterocycles. The molecule has 2 N–H and O–H groups in total. The van der Waals surface area contributed by atoms with Crippen LogP contribution in [0.2, 0.25) is 0 Å². The SMILES string of the molecule is CC(C)NS(=O)(=O)c1ccc(C(=O)N[C@H](c2ccc(F)cc2)C(C)C)cc1. The van der Waals surface area contributed by atoms with Crippen molar-refractivity contribution in [2.24, 2.45) is 5.92 Å². The van der Waals surface area contributed by atoms with Gasteiger partial charge in [-0.2, -0.15) is 0 Å². The Hall–Kier alpha value is -2.25. The van der Waals surface area contributed by atoms with Gasteiger partial charge in [-0.25, -0.2) is 17.5 Å². The van der Waals surface area contributed by atoms with Gasteiger partial charge in [-0.05, 0) is 61.7 Å². The summed E-state index contributed by atoms with van der Waals surface area (Å²) in [7, 11) is -3.60. The van der Waals surface area contributed by atoms with Crippen LogP contribution in [0.15, 0.2) is 53.4 Å². The fourth-order valence-electron chi connectivity index (χ4n) is 2.69. The second kappa shape index (κ2) is 8.63. The zero-order valence-corrected chi connectivity index (χ0v) is 16.7. The summed E-state index contributed by atoms with van der Waals surface area (Å²) in [6.45, 7) is 7.39. The standard InChI is InChI=1S/C20H25FN2O3S/c1-13(2)19(15-5-9-17(21)10-6-15)22-20(24)16-7-11-18(12-8-16)27(25,26)23-14(3)4/h5-14,19,23H,1-4H3,(H,22,24)/t19-/m0/s1. The number of amides is 1. The Balaban J connectivity index is 2.18. The van der Waals surface area contributed by atoms with Crippen LogP contribution in [0.25, 0.3) is 0 Å². The van der Waals surface area contributed by atoms with Gasteiger partial charge in [0.25, 0.3) is 5.91 Å². The largest absolute Gasteiger partial charge is 0.345 e. The van der Waals surface area contributed by atoms with Crippen molar-refractivity contribution in [2.75, 3.05) is 0 Å². The van der Waals surface area contributed by atoms with E-state index in [0.717, 1.165) is 5.56 Å². The lowest BCUT2D eigenvalue weighted by Gasteiger charge is -2.23. The van der Waals surface area contributed by atoms with Gasteiger partial charge in [0.15, 0.2) is 0 Å². The molecule has 2 aromatic rings. The Kier molecular flexibility index (Phi) is 6.73. The van der Waals surface area contributed by atoms with E-state index in [0.29, 0.717) is 5.56 Å². The number of nitrogens with one attached hydrogen (secondary N) is 2. The average Bonchev–Trinajstić information content (AvgIpc) is 2.59. The molecule has 0 radical (unpaired) electrons. The summed E-state index contributed by atoms with van der Waals surface area (Å²) in [5, 5.41) is 2.93. The van der Waals surface area contributed by atoms with E-state index >= 15 is 0 Å². The molecule has 0 saturated carbocycles. The van der Waals surface area contributed by atoms with Gasteiger partial charge in [0.2, 0.25) is 10.0 Å². The highest BCUT2D eigenvalue weighted by molar-refractivity contribution is 7.89. The molecule has 27 heavy (non-hydrogen) atoms. The Morgan fingerprint density at radius 3 is 1.96 bits per heavy atom. The Morgan fingerprint density at radius 1 is 0.926 bits per heavy atom. The van der Waals surface area contributed by atoms with Crippen LogP contribution in [0.4, 0.5) is 4.39 Å². The maximum atomic E-state index is 13.2. The van der Waals surface area contributed by atoms with Crippen LogP contribution in [-0.2, 0) is 10.0 Å². The molecule has 0 bridgehead atoms. The third-order valence-electron chi connectivity index (χ3n) is 4.00. The van der Waals surface area contributed by atoms with Gasteiger partial charge in [0.05, 0.1) is 10.9 Å². The second-order valence-electron chi connectivity index (χ2n) is 7.05. The van der Waals surface area contributed by atoms with Crippen LogP contribution < -0.4 is 10.0 Å². The molecule has 1 atom stereocenters. The molecule has 0 aliphatic rings. The highest BCUT2D eigenvalue weighted by Crippen LogP contribution is 2.23. The van der Waals surface area contributed by atoms with E-state index in [1.165, 1.54) is 36.4 Å². The van der Waals surface area contributed by atoms with Crippen LogP contribution in [0, 0.1) is 11.7 Å². The highest BCUT2D eigenvalue weighted by Gasteiger charge is 2.20. The van der Waals surface area contributed by atoms with Crippen molar-refractivity contribution in [3.05, 3.63) is 65.5 Å². The van der Waals surface area contributed by atoms with Gasteiger partial charge < -0.3 is 5.32 Å². The monoisotopic (exact) mass is 392 g/mol. The summed E-state index contributed by atoms with van der Waals surface area (Å²) >= 11 is 0. The summed E-state index contributed by atoms with van der Waals surface area (Å²) in [5.74, 6) is -0.563. The van der Waals surface area contributed by atoms with E-state index in [2.05, 4.69) is 10.0 Å². The van der Waals surface area contributed by atoms with Crippen LogP contribution in [0.3, 0.4) is 0 Å². The van der Waals surface area contributed by atoms with Gasteiger partial charge in [-0.3, -0.25) is 4.79 Å². The molecule has 5 nitrogen and oxygen atoms in total. The van der Waals surface area contributed by atoms with Crippen molar-refractivity contribution < 1.29 is 17.6 Å². The predicted molar refractivity (Wildman–Crippen MR) is 103 cm³/mol. The Morgan fingerprint density at radius 2 is 1.48 bits per heavy atom. The minimum Gasteiger partial charge on any atom is -0.345 e. The van der Waals surface area contributed by atoms with E-state index in [-0.39, 0.29) is 34.6 Å². The molecule has 2 aromatic carbocycles. The lowest BCUT2D eigenvalue weighted by atomic mass is 9.95. The van der Waals surface area contributed by atoms with E-state index in [9.17, 15) is 17.6 Å². The highest BCUT2D eigenvalue weighted by atomic mass is 32.2. The Bertz CT molecular complexity index is 876. The van der Waals surface area contributed by atoms with E-state index in [1.807, 2.05) is 13.8 Å². The molecule has 0 aromatic heterocycles. The summed E-state index contributed by atoms with van der Waals surface area (Å²) in [6.07, 6.45) is 0. The normalized spacial score (nSPS) is 13.0. The number of benzene rings is 2. The summed E-state index contributed by atoms with van der Waals surface area (Å²) < 4.78 is 40.0. The summed E-state index contributed by atoms with van der Waals surface area (Å²) in [6, 6.07) is 11.3. The van der Waals surface area contributed by atoms with Gasteiger partial charge in [0, 0.05) is 11.6 Å². The molecule has 146 valence electrons. The Labute approximate surface area is 160 Å². The number of halogens is 1. The number of carbonyl (C=O) groups excluding carboxylic acids is 1. The van der Waals surface area contributed by atoms with Crippen molar-refractivity contribution in [3.8, 4) is 0 Å². The molecule has 0 aliphatic carbocycles. The smallest absolute Gasteiger partial charge is 0.251 e. The third-order valence-corrected chi connectivity index (χ3v) is 5.67. The molecule has 0 unspecified atom stereocenters. The summed E-state index contributed by atoms with van der Waals surface area (Å²) in [5.41, 5.74) is 1.16. The van der Waals surface area contributed by atoms with Crippen molar-refractivity contribution in [2.45, 2.75) is 44.7 Å². The molecule has 0 heterocycles. The van der Waals surface area contributed by atoms with Crippen LogP contribution in [-0.4, -0.2) is 20.4 Å². The van der Waals surface area contributed by atoms with Gasteiger partial charge in [0.1, 0.15) is 5.82 Å². The van der Waals surface area contributed by atoms with E-state index in [1.54, 1.807) is 26.0 Å². The lowest BCUT2D eigenvalue weighted by molar-refractivity contribution is 0.0925. The lowest BCUT2D eigenvalue weighted by Crippen LogP contribution is -2.32. The fraction of sp³-hybridized carbons (Fsp3) is 0.350. The zero-order valence-electron chi connectivity index (χ0n) is 15.9. The van der Waals surface area contributed by atoms with Crippen molar-refractivity contribution in [1.29, 1.82) is 0 Å². The van der Waals surface area contributed by atoms with Gasteiger partial charge >= 0.3 is 0 Å². The van der Waals surface area contributed by atoms with Crippen molar-refractivity contribution in [3.63, 3.8) is 0 Å². The van der Waals surface area contributed by atoms with Crippen LogP contribution >= 0.6 is 0 Å². The third kappa shape index (κ3) is 5.61. The topological polar surface area (TPSA) is 75.3 Å². The molecule has 0 saturated heterocycles. The van der Waals surface area contributed by atoms with Crippen LogP contribution in [0.1, 0.15) is 49.7 Å². The minimum atomic E-state index is -3.60. The minimum absolute atomic E-state index is 0.0919. The zero-order chi connectivity index (χ0) is 20.2. The first-order valence-corrected chi connectivity index (χ1v) is 10.3. The predicted octanol–water partition coefficient (Wildman–Crippen LogP) is 3.64. The number of sulfonamides is 1. The molecular weight excluding hydrogens is 367 g/mol. The number of hydrogen-bond donors (Lipinski definition) is 2. The number of hydrogen-bond acceptors (Lipinski definition) is 3.